The van der Waals surface area contributed by atoms with Gasteiger partial charge in [-0.1, -0.05) is 13.0 Å². The van der Waals surface area contributed by atoms with Crippen molar-refractivity contribution >= 4 is 17.4 Å². The number of hydrogen-bond acceptors (Lipinski definition) is 5. The number of thiophene rings is 1. The molecular weight excluding hydrogens is 425 g/mol. The number of nitrogens with zero attached hydrogens (tertiary/aromatic N) is 2. The third-order valence-electron chi connectivity index (χ3n) is 6.98. The molecular formula is C25H36FN3O2S. The van der Waals surface area contributed by atoms with Crippen molar-refractivity contribution in [2.24, 2.45) is 5.41 Å². The van der Waals surface area contributed by atoms with Crippen LogP contribution in [0.3, 0.4) is 0 Å². The lowest BCUT2D eigenvalue weighted by molar-refractivity contribution is 0.101. The first-order chi connectivity index (χ1) is 15.2. The van der Waals surface area contributed by atoms with E-state index in [0.29, 0.717) is 6.61 Å². The summed E-state index contributed by atoms with van der Waals surface area (Å²) in [6, 6.07) is 7.55. The Hall–Kier alpha value is -1.99. The van der Waals surface area contributed by atoms with Gasteiger partial charge < -0.3 is 10.1 Å². The molecule has 1 saturated heterocycles. The number of halogens is 1. The van der Waals surface area contributed by atoms with Gasteiger partial charge in [-0.25, -0.2) is 4.79 Å². The van der Waals surface area contributed by atoms with E-state index >= 15 is 0 Å². The fourth-order valence-electron chi connectivity index (χ4n) is 4.58. The molecule has 176 valence electrons. The molecule has 7 heteroatoms. The molecule has 1 aliphatic rings. The number of carbonyl (C=O) groups is 1. The Balaban J connectivity index is 1.79. The Kier molecular flexibility index (Phi) is 7.93. The lowest BCUT2D eigenvalue weighted by atomic mass is 9.76. The fourth-order valence-corrected chi connectivity index (χ4v) is 5.31. The van der Waals surface area contributed by atoms with Crippen LogP contribution in [-0.4, -0.2) is 41.7 Å². The zero-order valence-electron chi connectivity index (χ0n) is 19.9. The van der Waals surface area contributed by atoms with E-state index in [1.165, 1.54) is 23.0 Å². The van der Waals surface area contributed by atoms with Crippen LogP contribution in [0.25, 0.3) is 0 Å². The number of ether oxygens (including phenoxy) is 1. The van der Waals surface area contributed by atoms with Gasteiger partial charge >= 0.3 is 6.09 Å². The summed E-state index contributed by atoms with van der Waals surface area (Å²) in [6.45, 7) is 12.7. The molecule has 2 aromatic heterocycles. The predicted molar refractivity (Wildman–Crippen MR) is 127 cm³/mol. The van der Waals surface area contributed by atoms with Crippen LogP contribution >= 0.6 is 11.3 Å². The van der Waals surface area contributed by atoms with E-state index in [1.54, 1.807) is 0 Å². The Morgan fingerprint density at radius 2 is 2.16 bits per heavy atom. The first kappa shape index (κ1) is 24.6. The molecule has 0 saturated carbocycles. The molecule has 32 heavy (non-hydrogen) atoms. The molecule has 0 bridgehead atoms. The van der Waals surface area contributed by atoms with Crippen LogP contribution in [0, 0.1) is 17.5 Å². The highest BCUT2D eigenvalue weighted by Gasteiger charge is 2.47. The molecule has 1 N–H and O–H groups in total. The summed E-state index contributed by atoms with van der Waals surface area (Å²) >= 11 is 1.21. The number of rotatable bonds is 9. The normalized spacial score (nSPS) is 20.3. The van der Waals surface area contributed by atoms with E-state index in [0.717, 1.165) is 49.3 Å². The average molecular weight is 462 g/mol. The maximum atomic E-state index is 13.5. The Labute approximate surface area is 195 Å². The van der Waals surface area contributed by atoms with Crippen LogP contribution in [0.4, 0.5) is 9.18 Å². The van der Waals surface area contributed by atoms with Gasteiger partial charge in [0.05, 0.1) is 6.61 Å². The van der Waals surface area contributed by atoms with Crippen LogP contribution in [-0.2, 0) is 16.7 Å². The van der Waals surface area contributed by atoms with Gasteiger partial charge in [0, 0.05) is 40.3 Å². The summed E-state index contributed by atoms with van der Waals surface area (Å²) in [6.07, 6.45) is 5.03. The summed E-state index contributed by atoms with van der Waals surface area (Å²) in [7, 11) is 0. The van der Waals surface area contributed by atoms with Crippen molar-refractivity contribution in [1.82, 2.24) is 15.2 Å². The second kappa shape index (κ2) is 10.3. The monoisotopic (exact) mass is 461 g/mol. The van der Waals surface area contributed by atoms with Gasteiger partial charge in [0.1, 0.15) is 0 Å². The van der Waals surface area contributed by atoms with Gasteiger partial charge in [-0.2, -0.15) is 4.39 Å². The van der Waals surface area contributed by atoms with Crippen molar-refractivity contribution in [2.75, 3.05) is 19.7 Å². The molecule has 3 rings (SSSR count). The van der Waals surface area contributed by atoms with E-state index in [4.69, 9.17) is 4.74 Å². The molecule has 0 aromatic carbocycles. The van der Waals surface area contributed by atoms with Gasteiger partial charge in [0.15, 0.2) is 5.13 Å². The highest BCUT2D eigenvalue weighted by atomic mass is 32.1. The number of hydrogen-bond donors (Lipinski definition) is 1. The molecule has 5 nitrogen and oxygen atoms in total. The first-order valence-electron chi connectivity index (χ1n) is 11.5. The molecule has 1 fully saturated rings. The van der Waals surface area contributed by atoms with Gasteiger partial charge in [0.25, 0.3) is 0 Å². The zero-order valence-corrected chi connectivity index (χ0v) is 20.7. The number of alkyl carbamates (subject to hydrolysis) is 1. The highest BCUT2D eigenvalue weighted by Crippen LogP contribution is 2.44. The largest absolute Gasteiger partial charge is 0.450 e. The van der Waals surface area contributed by atoms with Crippen LogP contribution < -0.4 is 5.32 Å². The quantitative estimate of drug-likeness (QED) is 0.522. The topological polar surface area (TPSA) is 54.5 Å². The van der Waals surface area contributed by atoms with E-state index < -0.39 is 0 Å². The number of aromatic nitrogens is 1. The number of nitrogens with one attached hydrogen (secondary N) is 1. The summed E-state index contributed by atoms with van der Waals surface area (Å²) in [5.41, 5.74) is 1.88. The number of aryl methyl sites for hydroxylation is 2. The minimum absolute atomic E-state index is 0.0615. The van der Waals surface area contributed by atoms with Crippen molar-refractivity contribution < 1.29 is 13.9 Å². The predicted octanol–water partition coefficient (Wildman–Crippen LogP) is 5.68. The lowest BCUT2D eigenvalue weighted by Crippen LogP contribution is -2.49. The third-order valence-corrected chi connectivity index (χ3v) is 7.92. The van der Waals surface area contributed by atoms with Crippen LogP contribution in [0.1, 0.15) is 63.1 Å². The summed E-state index contributed by atoms with van der Waals surface area (Å²) in [4.78, 5) is 20.4. The van der Waals surface area contributed by atoms with E-state index in [9.17, 15) is 9.18 Å². The Bertz CT molecular complexity index is 899. The molecule has 0 aliphatic carbocycles. The maximum Gasteiger partial charge on any atom is 0.407 e. The van der Waals surface area contributed by atoms with Crippen LogP contribution in [0.15, 0.2) is 30.5 Å². The second-order valence-electron chi connectivity index (χ2n) is 9.49. The van der Waals surface area contributed by atoms with Gasteiger partial charge in [-0.15, -0.1) is 11.3 Å². The highest BCUT2D eigenvalue weighted by molar-refractivity contribution is 7.10. The first-order valence-corrected chi connectivity index (χ1v) is 12.3. The van der Waals surface area contributed by atoms with Gasteiger partial charge in [0.2, 0.25) is 0 Å². The lowest BCUT2D eigenvalue weighted by Gasteiger charge is -2.40. The molecule has 0 radical (unpaired) electrons. The summed E-state index contributed by atoms with van der Waals surface area (Å²) in [5.74, 6) is 0. The minimum atomic E-state index is -0.360. The Morgan fingerprint density at radius 3 is 2.78 bits per heavy atom. The van der Waals surface area contributed by atoms with Gasteiger partial charge in [-0.05, 0) is 83.7 Å². The van der Waals surface area contributed by atoms with Crippen molar-refractivity contribution in [2.45, 2.75) is 71.9 Å². The molecule has 2 aromatic rings. The Morgan fingerprint density at radius 1 is 1.38 bits per heavy atom. The third kappa shape index (κ3) is 5.67. The summed E-state index contributed by atoms with van der Waals surface area (Å²) < 4.78 is 18.8. The van der Waals surface area contributed by atoms with Gasteiger partial charge in [-0.3, -0.25) is 9.88 Å². The average Bonchev–Trinajstić information content (AvgIpc) is 3.38. The SMILES string of the molecule is CCCOC(=O)N[C@H](C)C1(CCc2ccc(F)s2)CCN(C(C)(C)c2ccc(C)nc2)C1. The van der Waals surface area contributed by atoms with Crippen LogP contribution in [0.2, 0.25) is 0 Å². The molecule has 1 amide bonds. The van der Waals surface area contributed by atoms with E-state index in [1.807, 2.05) is 26.1 Å². The summed E-state index contributed by atoms with van der Waals surface area (Å²) in [5, 5.41) is 2.94. The van der Waals surface area contributed by atoms with Crippen molar-refractivity contribution in [3.8, 4) is 0 Å². The van der Waals surface area contributed by atoms with Crippen molar-refractivity contribution in [1.29, 1.82) is 0 Å². The van der Waals surface area contributed by atoms with E-state index in [2.05, 4.69) is 48.1 Å². The smallest absolute Gasteiger partial charge is 0.407 e. The second-order valence-corrected chi connectivity index (χ2v) is 10.6. The number of amides is 1. The zero-order chi connectivity index (χ0) is 23.4. The minimum Gasteiger partial charge on any atom is -0.450 e. The number of pyridine rings is 1. The maximum absolute atomic E-state index is 13.5. The number of carbonyl (C=O) groups excluding carboxylic acids is 1. The van der Waals surface area contributed by atoms with Crippen molar-refractivity contribution in [3.63, 3.8) is 0 Å². The molecule has 3 heterocycles. The van der Waals surface area contributed by atoms with Crippen molar-refractivity contribution in [3.05, 3.63) is 51.7 Å². The standard InChI is InChI=1S/C25H36FN3O2S/c1-6-15-31-23(30)28-19(3)25(12-11-21-9-10-22(26)32-21)13-14-29(17-25)24(4,5)20-8-7-18(2)27-16-20/h7-10,16,19H,6,11-15,17H2,1-5H3,(H,28,30)/t19-,25?/m1/s1. The van der Waals surface area contributed by atoms with E-state index in [-0.39, 0.29) is 28.2 Å². The molecule has 2 atom stereocenters. The molecule has 1 unspecified atom stereocenters. The number of likely N-dealkylation sites (tertiary alicyclic amines) is 1. The fraction of sp³-hybridized carbons (Fsp3) is 0.600. The molecule has 1 aliphatic heterocycles. The molecule has 0 spiro atoms. The van der Waals surface area contributed by atoms with Crippen LogP contribution in [0.5, 0.6) is 0 Å².